The molecule has 0 amide bonds. The maximum Gasteiger partial charge on any atom is 0.123 e. The second-order valence-corrected chi connectivity index (χ2v) is 3.75. The van der Waals surface area contributed by atoms with Crippen molar-refractivity contribution in [3.63, 3.8) is 0 Å². The molecule has 1 rings (SSSR count). The average molecular weight is 280 g/mol. The standard InChI is InChI=1S/C9H10FIO/c1-2-9(12)7-5-6(10)3-4-8(7)11/h3-5,9,12H,2H2,1H3/t9-/m1/s1. The molecule has 12 heavy (non-hydrogen) atoms. The quantitative estimate of drug-likeness (QED) is 0.826. The Bertz CT molecular complexity index is 275. The Kier molecular flexibility index (Phi) is 3.46. The number of halogens is 2. The van der Waals surface area contributed by atoms with Crippen molar-refractivity contribution < 1.29 is 9.50 Å². The number of aliphatic hydroxyl groups excluding tert-OH is 1. The van der Waals surface area contributed by atoms with Gasteiger partial charge in [0.1, 0.15) is 5.82 Å². The lowest BCUT2D eigenvalue weighted by molar-refractivity contribution is 0.172. The molecule has 0 heterocycles. The zero-order chi connectivity index (χ0) is 9.14. The van der Waals surface area contributed by atoms with E-state index in [0.717, 1.165) is 3.57 Å². The normalized spacial score (nSPS) is 13.0. The van der Waals surface area contributed by atoms with Crippen molar-refractivity contribution >= 4 is 22.6 Å². The van der Waals surface area contributed by atoms with E-state index in [0.29, 0.717) is 12.0 Å². The molecular weight excluding hydrogens is 270 g/mol. The van der Waals surface area contributed by atoms with Crippen LogP contribution >= 0.6 is 22.6 Å². The average Bonchev–Trinajstić information content (AvgIpc) is 2.08. The van der Waals surface area contributed by atoms with Gasteiger partial charge in [-0.2, -0.15) is 0 Å². The molecule has 0 spiro atoms. The molecule has 3 heteroatoms. The van der Waals surface area contributed by atoms with Gasteiger partial charge in [0, 0.05) is 3.57 Å². The highest BCUT2D eigenvalue weighted by molar-refractivity contribution is 14.1. The van der Waals surface area contributed by atoms with Gasteiger partial charge in [-0.25, -0.2) is 4.39 Å². The summed E-state index contributed by atoms with van der Waals surface area (Å²) in [6.07, 6.45) is 0.0621. The van der Waals surface area contributed by atoms with Gasteiger partial charge < -0.3 is 5.11 Å². The Balaban J connectivity index is 3.04. The van der Waals surface area contributed by atoms with Crippen LogP contribution in [0.1, 0.15) is 25.0 Å². The number of aliphatic hydroxyl groups is 1. The predicted molar refractivity (Wildman–Crippen MR) is 54.4 cm³/mol. The van der Waals surface area contributed by atoms with Gasteiger partial charge in [0.15, 0.2) is 0 Å². The summed E-state index contributed by atoms with van der Waals surface area (Å²) in [6.45, 7) is 1.87. The fourth-order valence-corrected chi connectivity index (χ4v) is 1.68. The summed E-state index contributed by atoms with van der Waals surface area (Å²) >= 11 is 2.09. The molecule has 0 aliphatic heterocycles. The summed E-state index contributed by atoms with van der Waals surface area (Å²) in [5.74, 6) is -0.294. The second kappa shape index (κ2) is 4.18. The van der Waals surface area contributed by atoms with Gasteiger partial charge in [-0.05, 0) is 52.8 Å². The molecule has 1 nitrogen and oxygen atoms in total. The summed E-state index contributed by atoms with van der Waals surface area (Å²) in [7, 11) is 0. The Morgan fingerprint density at radius 1 is 1.58 bits per heavy atom. The summed E-state index contributed by atoms with van der Waals surface area (Å²) in [5.41, 5.74) is 0.679. The fourth-order valence-electron chi connectivity index (χ4n) is 0.990. The highest BCUT2D eigenvalue weighted by atomic mass is 127. The maximum absolute atomic E-state index is 12.7. The van der Waals surface area contributed by atoms with Crippen molar-refractivity contribution in [3.8, 4) is 0 Å². The van der Waals surface area contributed by atoms with E-state index in [2.05, 4.69) is 22.6 Å². The van der Waals surface area contributed by atoms with E-state index in [1.807, 2.05) is 6.92 Å². The fraction of sp³-hybridized carbons (Fsp3) is 0.333. The molecule has 0 fully saturated rings. The minimum atomic E-state index is -0.549. The third-order valence-corrected chi connectivity index (χ3v) is 2.69. The van der Waals surface area contributed by atoms with E-state index in [9.17, 15) is 9.50 Å². The largest absolute Gasteiger partial charge is 0.388 e. The van der Waals surface area contributed by atoms with E-state index in [-0.39, 0.29) is 5.82 Å². The summed E-state index contributed by atoms with van der Waals surface area (Å²) in [6, 6.07) is 4.45. The minimum absolute atomic E-state index is 0.294. The summed E-state index contributed by atoms with van der Waals surface area (Å²) < 4.78 is 13.6. The van der Waals surface area contributed by atoms with Gasteiger partial charge in [-0.3, -0.25) is 0 Å². The van der Waals surface area contributed by atoms with Crippen LogP contribution in [-0.4, -0.2) is 5.11 Å². The molecule has 1 atom stereocenters. The first-order valence-corrected chi connectivity index (χ1v) is 4.86. The second-order valence-electron chi connectivity index (χ2n) is 2.59. The molecule has 1 aromatic rings. The van der Waals surface area contributed by atoms with Crippen LogP contribution < -0.4 is 0 Å². The van der Waals surface area contributed by atoms with Gasteiger partial charge in [0.2, 0.25) is 0 Å². The van der Waals surface area contributed by atoms with E-state index in [1.54, 1.807) is 6.07 Å². The lowest BCUT2D eigenvalue weighted by Gasteiger charge is -2.09. The van der Waals surface area contributed by atoms with Crippen LogP contribution in [0.2, 0.25) is 0 Å². The van der Waals surface area contributed by atoms with E-state index in [4.69, 9.17) is 0 Å². The minimum Gasteiger partial charge on any atom is -0.388 e. The maximum atomic E-state index is 12.7. The molecular formula is C9H10FIO. The van der Waals surface area contributed by atoms with Gasteiger partial charge in [0.25, 0.3) is 0 Å². The monoisotopic (exact) mass is 280 g/mol. The van der Waals surface area contributed by atoms with Crippen LogP contribution in [0.15, 0.2) is 18.2 Å². The van der Waals surface area contributed by atoms with E-state index >= 15 is 0 Å². The molecule has 0 bridgehead atoms. The Labute approximate surface area is 84.7 Å². The van der Waals surface area contributed by atoms with Crippen molar-refractivity contribution in [2.75, 3.05) is 0 Å². The smallest absolute Gasteiger partial charge is 0.123 e. The predicted octanol–water partition coefficient (Wildman–Crippen LogP) is 2.87. The van der Waals surface area contributed by atoms with Gasteiger partial charge in [-0.1, -0.05) is 6.92 Å². The molecule has 0 radical (unpaired) electrons. The Morgan fingerprint density at radius 3 is 2.83 bits per heavy atom. The first kappa shape index (κ1) is 9.92. The molecule has 0 aromatic heterocycles. The molecule has 1 aromatic carbocycles. The van der Waals surface area contributed by atoms with Crippen LogP contribution in [0.5, 0.6) is 0 Å². The molecule has 0 saturated heterocycles. The Morgan fingerprint density at radius 2 is 2.25 bits per heavy atom. The van der Waals surface area contributed by atoms with E-state index in [1.165, 1.54) is 12.1 Å². The van der Waals surface area contributed by atoms with Crippen LogP contribution in [0.25, 0.3) is 0 Å². The van der Waals surface area contributed by atoms with Crippen LogP contribution in [-0.2, 0) is 0 Å². The topological polar surface area (TPSA) is 20.2 Å². The SMILES string of the molecule is CC[C@@H](O)c1cc(F)ccc1I. The van der Waals surface area contributed by atoms with Crippen molar-refractivity contribution in [1.82, 2.24) is 0 Å². The van der Waals surface area contributed by atoms with Crippen molar-refractivity contribution in [2.45, 2.75) is 19.4 Å². The van der Waals surface area contributed by atoms with Crippen molar-refractivity contribution in [1.29, 1.82) is 0 Å². The zero-order valence-electron chi connectivity index (χ0n) is 6.72. The molecule has 0 aliphatic carbocycles. The van der Waals surface area contributed by atoms with Crippen LogP contribution in [0.4, 0.5) is 4.39 Å². The number of benzene rings is 1. The van der Waals surface area contributed by atoms with Crippen LogP contribution in [0.3, 0.4) is 0 Å². The molecule has 66 valence electrons. The van der Waals surface area contributed by atoms with E-state index < -0.39 is 6.10 Å². The third kappa shape index (κ3) is 2.17. The molecule has 0 saturated carbocycles. The zero-order valence-corrected chi connectivity index (χ0v) is 8.88. The first-order valence-electron chi connectivity index (χ1n) is 3.78. The van der Waals surface area contributed by atoms with Crippen LogP contribution in [0, 0.1) is 9.39 Å². The lowest BCUT2D eigenvalue weighted by Crippen LogP contribution is -1.98. The molecule has 0 aliphatic rings. The highest BCUT2D eigenvalue weighted by Gasteiger charge is 2.09. The van der Waals surface area contributed by atoms with Gasteiger partial charge >= 0.3 is 0 Å². The summed E-state index contributed by atoms with van der Waals surface area (Å²) in [5, 5.41) is 9.46. The number of hydrogen-bond acceptors (Lipinski definition) is 1. The Hall–Kier alpha value is -0.160. The molecule has 0 unspecified atom stereocenters. The number of hydrogen-bond donors (Lipinski definition) is 1. The van der Waals surface area contributed by atoms with Crippen molar-refractivity contribution in [3.05, 3.63) is 33.1 Å². The number of rotatable bonds is 2. The molecule has 1 N–H and O–H groups in total. The summed E-state index contributed by atoms with van der Waals surface area (Å²) in [4.78, 5) is 0. The first-order chi connectivity index (χ1) is 5.65. The van der Waals surface area contributed by atoms with Crippen molar-refractivity contribution in [2.24, 2.45) is 0 Å². The van der Waals surface area contributed by atoms with Gasteiger partial charge in [-0.15, -0.1) is 0 Å². The third-order valence-electron chi connectivity index (χ3n) is 1.70. The highest BCUT2D eigenvalue weighted by Crippen LogP contribution is 2.22. The lowest BCUT2D eigenvalue weighted by atomic mass is 10.1. The van der Waals surface area contributed by atoms with Gasteiger partial charge in [0.05, 0.1) is 6.10 Å².